The molecule has 36 heavy (non-hydrogen) atoms. The Labute approximate surface area is 209 Å². The summed E-state index contributed by atoms with van der Waals surface area (Å²) in [6.07, 6.45) is 2.85. The maximum Gasteiger partial charge on any atom is 0.416 e. The van der Waals surface area contributed by atoms with E-state index in [-0.39, 0.29) is 18.7 Å². The number of pyridine rings is 1. The van der Waals surface area contributed by atoms with Gasteiger partial charge in [0.25, 0.3) is 0 Å². The van der Waals surface area contributed by atoms with Gasteiger partial charge in [0, 0.05) is 18.8 Å². The van der Waals surface area contributed by atoms with Gasteiger partial charge in [-0.05, 0) is 73.5 Å². The molecule has 9 heteroatoms. The first kappa shape index (κ1) is 25.0. The number of amides is 1. The molecular formula is C27H29N3O6. The number of carbonyl (C=O) groups is 2. The van der Waals surface area contributed by atoms with Crippen molar-refractivity contribution in [2.75, 3.05) is 20.2 Å². The lowest BCUT2D eigenvalue weighted by atomic mass is 10.1. The van der Waals surface area contributed by atoms with Crippen LogP contribution in [0, 0.1) is 0 Å². The van der Waals surface area contributed by atoms with E-state index in [4.69, 9.17) is 14.2 Å². The molecule has 2 heterocycles. The Morgan fingerprint density at radius 1 is 1.06 bits per heavy atom. The van der Waals surface area contributed by atoms with Crippen molar-refractivity contribution in [2.24, 2.45) is 0 Å². The summed E-state index contributed by atoms with van der Waals surface area (Å²) in [6, 6.07) is 19.7. The van der Waals surface area contributed by atoms with E-state index in [0.717, 1.165) is 35.5 Å². The number of hydrogen-bond donors (Lipinski definition) is 2. The number of carboxylic acid groups (broad SMARTS) is 1. The number of carboxylic acids is 1. The van der Waals surface area contributed by atoms with Crippen LogP contribution in [0.4, 0.5) is 4.79 Å². The zero-order chi connectivity index (χ0) is 25.3. The number of carbonyl (C=O) groups excluding carboxylic acids is 1. The maximum absolute atomic E-state index is 12.7. The minimum atomic E-state index is -1.14. The van der Waals surface area contributed by atoms with Gasteiger partial charge in [-0.1, -0.05) is 18.2 Å². The fourth-order valence-electron chi connectivity index (χ4n) is 4.06. The summed E-state index contributed by atoms with van der Waals surface area (Å²) in [5.41, 5.74) is 1.60. The third-order valence-corrected chi connectivity index (χ3v) is 5.85. The molecule has 2 unspecified atom stereocenters. The van der Waals surface area contributed by atoms with Crippen LogP contribution in [0.1, 0.15) is 30.2 Å². The van der Waals surface area contributed by atoms with Crippen LogP contribution in [0.3, 0.4) is 0 Å². The summed E-state index contributed by atoms with van der Waals surface area (Å²) >= 11 is 0. The molecule has 1 fully saturated rings. The van der Waals surface area contributed by atoms with Crippen LogP contribution in [0.5, 0.6) is 17.2 Å². The van der Waals surface area contributed by atoms with Crippen LogP contribution in [0.2, 0.25) is 0 Å². The van der Waals surface area contributed by atoms with Crippen molar-refractivity contribution in [2.45, 2.75) is 31.5 Å². The molecule has 2 aromatic carbocycles. The quantitative estimate of drug-likeness (QED) is 0.437. The maximum atomic E-state index is 12.7. The van der Waals surface area contributed by atoms with Crippen LogP contribution < -0.4 is 19.5 Å². The topological polar surface area (TPSA) is 110 Å². The molecule has 0 bridgehead atoms. The monoisotopic (exact) mass is 491 g/mol. The normalized spacial score (nSPS) is 15.6. The average Bonchev–Trinajstić information content (AvgIpc) is 3.43. The SMILES string of the molecule is COc1ccc(OC(=O)N(CC(=O)O)Cc2ccc(OC(c3ccccn3)C3CCCN3)cc2)cc1. The number of aromatic nitrogens is 1. The van der Waals surface area contributed by atoms with E-state index in [9.17, 15) is 14.7 Å². The largest absolute Gasteiger partial charge is 0.497 e. The zero-order valence-electron chi connectivity index (χ0n) is 20.0. The number of rotatable bonds is 10. The summed E-state index contributed by atoms with van der Waals surface area (Å²) in [5.74, 6) is 0.437. The van der Waals surface area contributed by atoms with Gasteiger partial charge in [0.2, 0.25) is 0 Å². The fraction of sp³-hybridized carbons (Fsp3) is 0.296. The molecule has 1 amide bonds. The molecule has 1 aliphatic heterocycles. The molecule has 0 aliphatic carbocycles. The van der Waals surface area contributed by atoms with Gasteiger partial charge in [-0.2, -0.15) is 0 Å². The van der Waals surface area contributed by atoms with Crippen molar-refractivity contribution >= 4 is 12.1 Å². The third kappa shape index (κ3) is 6.73. The first-order valence-electron chi connectivity index (χ1n) is 11.7. The Kier molecular flexibility index (Phi) is 8.36. The Morgan fingerprint density at radius 3 is 2.39 bits per heavy atom. The average molecular weight is 492 g/mol. The predicted octanol–water partition coefficient (Wildman–Crippen LogP) is 4.05. The minimum absolute atomic E-state index is 0.0649. The smallest absolute Gasteiger partial charge is 0.416 e. The summed E-state index contributed by atoms with van der Waals surface area (Å²) in [5, 5.41) is 12.8. The Bertz CT molecular complexity index is 1130. The van der Waals surface area contributed by atoms with Gasteiger partial charge in [-0.25, -0.2) is 4.79 Å². The van der Waals surface area contributed by atoms with Crippen LogP contribution >= 0.6 is 0 Å². The second-order valence-corrected chi connectivity index (χ2v) is 8.43. The minimum Gasteiger partial charge on any atom is -0.497 e. The number of nitrogens with zero attached hydrogens (tertiary/aromatic N) is 2. The Balaban J connectivity index is 1.43. The van der Waals surface area contributed by atoms with E-state index in [1.807, 2.05) is 42.5 Å². The number of hydrogen-bond acceptors (Lipinski definition) is 7. The summed E-state index contributed by atoms with van der Waals surface area (Å²) in [7, 11) is 1.54. The van der Waals surface area contributed by atoms with E-state index < -0.39 is 18.6 Å². The van der Waals surface area contributed by atoms with Crippen molar-refractivity contribution in [1.29, 1.82) is 0 Å². The fourth-order valence-corrected chi connectivity index (χ4v) is 4.06. The molecule has 2 atom stereocenters. The van der Waals surface area contributed by atoms with Crippen LogP contribution in [0.15, 0.2) is 72.9 Å². The van der Waals surface area contributed by atoms with Crippen LogP contribution in [-0.2, 0) is 11.3 Å². The second-order valence-electron chi connectivity index (χ2n) is 8.43. The highest BCUT2D eigenvalue weighted by molar-refractivity contribution is 5.78. The van der Waals surface area contributed by atoms with Gasteiger partial charge in [0.05, 0.1) is 12.8 Å². The summed E-state index contributed by atoms with van der Waals surface area (Å²) in [6.45, 7) is 0.514. The summed E-state index contributed by atoms with van der Waals surface area (Å²) < 4.78 is 16.8. The van der Waals surface area contributed by atoms with E-state index in [2.05, 4.69) is 10.3 Å². The molecule has 0 saturated carbocycles. The molecule has 3 aromatic rings. The Hall–Kier alpha value is -4.11. The van der Waals surface area contributed by atoms with E-state index in [0.29, 0.717) is 17.2 Å². The van der Waals surface area contributed by atoms with Crippen molar-refractivity contribution in [1.82, 2.24) is 15.2 Å². The molecule has 1 aromatic heterocycles. The molecule has 1 aliphatic rings. The molecule has 9 nitrogen and oxygen atoms in total. The number of methoxy groups -OCH3 is 1. The van der Waals surface area contributed by atoms with Gasteiger partial charge in [-0.15, -0.1) is 0 Å². The van der Waals surface area contributed by atoms with Crippen molar-refractivity contribution < 1.29 is 28.9 Å². The van der Waals surface area contributed by atoms with Crippen molar-refractivity contribution in [3.05, 3.63) is 84.2 Å². The molecule has 4 rings (SSSR count). The van der Waals surface area contributed by atoms with Crippen LogP contribution in [-0.4, -0.2) is 53.3 Å². The van der Waals surface area contributed by atoms with Gasteiger partial charge < -0.3 is 24.6 Å². The lowest BCUT2D eigenvalue weighted by molar-refractivity contribution is -0.138. The van der Waals surface area contributed by atoms with E-state index in [1.54, 1.807) is 30.5 Å². The number of ether oxygens (including phenoxy) is 3. The first-order valence-corrected chi connectivity index (χ1v) is 11.7. The van der Waals surface area contributed by atoms with E-state index >= 15 is 0 Å². The number of aliphatic carboxylic acids is 1. The van der Waals surface area contributed by atoms with Gasteiger partial charge in [0.15, 0.2) is 6.10 Å². The standard InChI is InChI=1S/C27H29N3O6/c1-34-20-11-13-22(14-12-20)36-27(33)30(18-25(31)32)17-19-7-9-21(10-8-19)35-26(24-6-4-16-29-24)23-5-2-3-15-28-23/h2-3,5,7-15,24,26,29H,4,6,16-18H2,1H3,(H,31,32). The van der Waals surface area contributed by atoms with E-state index in [1.165, 1.54) is 7.11 Å². The van der Waals surface area contributed by atoms with Gasteiger partial charge >= 0.3 is 12.1 Å². The highest BCUT2D eigenvalue weighted by atomic mass is 16.6. The highest BCUT2D eigenvalue weighted by Crippen LogP contribution is 2.28. The molecule has 2 N–H and O–H groups in total. The third-order valence-electron chi connectivity index (χ3n) is 5.85. The van der Waals surface area contributed by atoms with Crippen molar-refractivity contribution in [3.63, 3.8) is 0 Å². The molecule has 1 saturated heterocycles. The lowest BCUT2D eigenvalue weighted by Gasteiger charge is -2.25. The zero-order valence-corrected chi connectivity index (χ0v) is 20.0. The lowest BCUT2D eigenvalue weighted by Crippen LogP contribution is -2.37. The molecular weight excluding hydrogens is 462 g/mol. The highest BCUT2D eigenvalue weighted by Gasteiger charge is 2.29. The molecule has 0 radical (unpaired) electrons. The first-order chi connectivity index (χ1) is 17.5. The molecule has 0 spiro atoms. The van der Waals surface area contributed by atoms with Crippen LogP contribution in [0.25, 0.3) is 0 Å². The number of benzene rings is 2. The molecule has 188 valence electrons. The number of nitrogens with one attached hydrogen (secondary N) is 1. The van der Waals surface area contributed by atoms with Crippen molar-refractivity contribution in [3.8, 4) is 17.2 Å². The predicted molar refractivity (Wildman–Crippen MR) is 132 cm³/mol. The van der Waals surface area contributed by atoms with Gasteiger partial charge in [0.1, 0.15) is 23.8 Å². The second kappa shape index (κ2) is 12.0. The van der Waals surface area contributed by atoms with Gasteiger partial charge in [-0.3, -0.25) is 14.7 Å². The Morgan fingerprint density at radius 2 is 1.78 bits per heavy atom. The summed E-state index contributed by atoms with van der Waals surface area (Å²) in [4.78, 5) is 29.7.